The molecule has 1 atom stereocenters. The van der Waals surface area contributed by atoms with Crippen LogP contribution in [0.1, 0.15) is 5.56 Å². The van der Waals surface area contributed by atoms with E-state index in [0.717, 1.165) is 6.07 Å². The molecule has 0 fully saturated rings. The number of anilines is 2. The number of rotatable bonds is 3. The number of fused-ring (bicyclic) bond motifs is 1. The summed E-state index contributed by atoms with van der Waals surface area (Å²) in [6, 6.07) is 9.14. The number of halogens is 4. The predicted octanol–water partition coefficient (Wildman–Crippen LogP) is 4.60. The molecular formula is C14H8Cl2F2N4O2. The Hall–Kier alpha value is -2.45. The second kappa shape index (κ2) is 5.88. The zero-order valence-electron chi connectivity index (χ0n) is 11.7. The van der Waals surface area contributed by atoms with E-state index < -0.39 is 32.7 Å². The second-order valence-electron chi connectivity index (χ2n) is 4.84. The van der Waals surface area contributed by atoms with Crippen molar-refractivity contribution in [2.24, 2.45) is 4.99 Å². The summed E-state index contributed by atoms with van der Waals surface area (Å²) in [5.41, 5.74) is -0.812. The van der Waals surface area contributed by atoms with E-state index in [0.29, 0.717) is 5.69 Å². The lowest BCUT2D eigenvalue weighted by Crippen LogP contribution is -2.34. The van der Waals surface area contributed by atoms with E-state index in [4.69, 9.17) is 23.2 Å². The van der Waals surface area contributed by atoms with Gasteiger partial charge in [0, 0.05) is 11.8 Å². The van der Waals surface area contributed by atoms with Gasteiger partial charge in [0.15, 0.2) is 0 Å². The van der Waals surface area contributed by atoms with Crippen LogP contribution in [-0.4, -0.2) is 11.0 Å². The number of nitrogens with one attached hydrogen (secondary N) is 2. The van der Waals surface area contributed by atoms with Gasteiger partial charge in [-0.3, -0.25) is 10.1 Å². The first-order valence-electron chi connectivity index (χ1n) is 6.53. The Bertz CT molecular complexity index is 864. The molecule has 10 heteroatoms. The molecule has 24 heavy (non-hydrogen) atoms. The lowest BCUT2D eigenvalue weighted by molar-refractivity contribution is -0.387. The summed E-state index contributed by atoms with van der Waals surface area (Å²) < 4.78 is 27.7. The van der Waals surface area contributed by atoms with Gasteiger partial charge in [-0.1, -0.05) is 41.4 Å². The molecule has 0 aromatic heterocycles. The molecule has 2 N–H and O–H groups in total. The monoisotopic (exact) mass is 372 g/mol. The third kappa shape index (κ3) is 2.74. The average Bonchev–Trinajstić information content (AvgIpc) is 2.45. The number of para-hydroxylation sites is 1. The maximum atomic E-state index is 13.9. The summed E-state index contributed by atoms with van der Waals surface area (Å²) >= 11 is 12.3. The van der Waals surface area contributed by atoms with Crippen molar-refractivity contribution in [1.29, 1.82) is 0 Å². The van der Waals surface area contributed by atoms with E-state index >= 15 is 0 Å². The first kappa shape index (κ1) is 16.4. The van der Waals surface area contributed by atoms with Crippen LogP contribution in [0, 0.1) is 15.9 Å². The highest BCUT2D eigenvalue weighted by Gasteiger charge is 2.42. The number of nitro benzene ring substituents is 1. The molecular weight excluding hydrogens is 365 g/mol. The third-order valence-corrected chi connectivity index (χ3v) is 4.02. The molecule has 3 rings (SSSR count). The zero-order chi connectivity index (χ0) is 17.5. The number of hydrogen-bond donors (Lipinski definition) is 2. The number of aliphatic imine (C=N–C) groups is 1. The first-order chi connectivity index (χ1) is 11.3. The number of nitrogens with zero attached hydrogens (tertiary/aromatic N) is 2. The molecule has 0 amide bonds. The fraction of sp³-hybridized carbons (Fsp3) is 0.0714. The van der Waals surface area contributed by atoms with E-state index in [1.54, 1.807) is 30.3 Å². The molecule has 1 aliphatic heterocycles. The molecule has 2 aromatic rings. The maximum Gasteiger partial charge on any atom is 0.323 e. The van der Waals surface area contributed by atoms with E-state index in [9.17, 15) is 18.9 Å². The van der Waals surface area contributed by atoms with Crippen molar-refractivity contribution in [1.82, 2.24) is 0 Å². The summed E-state index contributed by atoms with van der Waals surface area (Å²) in [5, 5.41) is 13.4. The molecule has 0 bridgehead atoms. The Labute approximate surface area is 144 Å². The Morgan fingerprint density at radius 2 is 1.96 bits per heavy atom. The van der Waals surface area contributed by atoms with E-state index in [2.05, 4.69) is 15.6 Å². The molecule has 0 spiro atoms. The smallest absolute Gasteiger partial charge is 0.323 e. The van der Waals surface area contributed by atoms with Crippen molar-refractivity contribution in [2.75, 3.05) is 10.6 Å². The van der Waals surface area contributed by atoms with Crippen molar-refractivity contribution in [3.8, 4) is 0 Å². The van der Waals surface area contributed by atoms with Crippen LogP contribution in [0.25, 0.3) is 0 Å². The molecule has 0 saturated heterocycles. The summed E-state index contributed by atoms with van der Waals surface area (Å²) in [6.07, 6.45) is -1.09. The van der Waals surface area contributed by atoms with E-state index in [1.807, 2.05) is 0 Å². The van der Waals surface area contributed by atoms with Gasteiger partial charge in [0.25, 0.3) is 6.09 Å². The summed E-state index contributed by atoms with van der Waals surface area (Å²) in [5.74, 6) is -1.22. The van der Waals surface area contributed by atoms with Crippen molar-refractivity contribution in [3.63, 3.8) is 0 Å². The van der Waals surface area contributed by atoms with Crippen molar-refractivity contribution < 1.29 is 13.7 Å². The second-order valence-corrected chi connectivity index (χ2v) is 5.77. The van der Waals surface area contributed by atoms with Gasteiger partial charge in [-0.05, 0) is 12.1 Å². The molecule has 1 aliphatic rings. The first-order valence-corrected chi connectivity index (χ1v) is 7.29. The van der Waals surface area contributed by atoms with Crippen LogP contribution in [0.2, 0.25) is 5.02 Å². The minimum absolute atomic E-state index is 0.149. The SMILES string of the molecule is O=[N+]([O-])c1c(F)cc2c(c1Cl)C(Cl)(Nc1ccccc1)N=C(F)N2. The van der Waals surface area contributed by atoms with Gasteiger partial charge in [0.1, 0.15) is 5.02 Å². The number of hydrogen-bond acceptors (Lipinski definition) is 5. The fourth-order valence-corrected chi connectivity index (χ4v) is 3.16. The minimum atomic E-state index is -1.98. The molecule has 1 unspecified atom stereocenters. The Morgan fingerprint density at radius 1 is 1.29 bits per heavy atom. The van der Waals surface area contributed by atoms with Crippen LogP contribution < -0.4 is 10.6 Å². The van der Waals surface area contributed by atoms with Crippen LogP contribution in [0.4, 0.5) is 25.8 Å². The molecule has 0 radical (unpaired) electrons. The number of benzene rings is 2. The number of nitro groups is 1. The maximum absolute atomic E-state index is 13.9. The number of alkyl halides is 1. The topological polar surface area (TPSA) is 79.6 Å². The van der Waals surface area contributed by atoms with Crippen molar-refractivity contribution in [3.05, 3.63) is 62.9 Å². The van der Waals surface area contributed by atoms with Crippen LogP contribution in [0.15, 0.2) is 41.4 Å². The molecule has 0 aliphatic carbocycles. The van der Waals surface area contributed by atoms with Gasteiger partial charge < -0.3 is 10.6 Å². The summed E-state index contributed by atoms with van der Waals surface area (Å²) in [7, 11) is 0. The summed E-state index contributed by atoms with van der Waals surface area (Å²) in [4.78, 5) is 13.7. The zero-order valence-corrected chi connectivity index (χ0v) is 13.2. The van der Waals surface area contributed by atoms with Gasteiger partial charge in [-0.15, -0.1) is 0 Å². The van der Waals surface area contributed by atoms with Crippen LogP contribution in [0.5, 0.6) is 0 Å². The normalized spacial score (nSPS) is 19.1. The van der Waals surface area contributed by atoms with Crippen molar-refractivity contribution in [2.45, 2.75) is 5.12 Å². The van der Waals surface area contributed by atoms with Gasteiger partial charge in [-0.2, -0.15) is 13.8 Å². The lowest BCUT2D eigenvalue weighted by atomic mass is 10.1. The molecule has 1 heterocycles. The predicted molar refractivity (Wildman–Crippen MR) is 87.8 cm³/mol. The summed E-state index contributed by atoms with van der Waals surface area (Å²) in [6.45, 7) is 0. The fourth-order valence-electron chi connectivity index (χ4n) is 2.33. The Kier molecular flexibility index (Phi) is 4.02. The van der Waals surface area contributed by atoms with Gasteiger partial charge in [-0.25, -0.2) is 0 Å². The van der Waals surface area contributed by atoms with Crippen LogP contribution >= 0.6 is 23.2 Å². The van der Waals surface area contributed by atoms with Gasteiger partial charge in [0.2, 0.25) is 10.9 Å². The minimum Gasteiger partial charge on any atom is -0.345 e. The van der Waals surface area contributed by atoms with Crippen LogP contribution in [-0.2, 0) is 5.12 Å². The highest BCUT2D eigenvalue weighted by atomic mass is 35.5. The highest BCUT2D eigenvalue weighted by Crippen LogP contribution is 2.47. The molecule has 124 valence electrons. The van der Waals surface area contributed by atoms with Gasteiger partial charge in [0.05, 0.1) is 16.2 Å². The van der Waals surface area contributed by atoms with Crippen molar-refractivity contribution >= 4 is 46.4 Å². The number of amidine groups is 1. The molecule has 2 aromatic carbocycles. The van der Waals surface area contributed by atoms with E-state index in [1.165, 1.54) is 0 Å². The van der Waals surface area contributed by atoms with Crippen LogP contribution in [0.3, 0.4) is 0 Å². The molecule has 6 nitrogen and oxygen atoms in total. The third-order valence-electron chi connectivity index (χ3n) is 3.28. The largest absolute Gasteiger partial charge is 0.345 e. The highest BCUT2D eigenvalue weighted by molar-refractivity contribution is 6.36. The average molecular weight is 373 g/mol. The lowest BCUT2D eigenvalue weighted by Gasteiger charge is -2.31. The quantitative estimate of drug-likeness (QED) is 0.357. The van der Waals surface area contributed by atoms with Gasteiger partial charge >= 0.3 is 5.69 Å². The standard InChI is InChI=1S/C14H8Cl2F2N4O2/c15-11-10-9(6-8(17)12(11)22(23)24)19-13(18)21-14(10,16)20-7-4-2-1-3-5-7/h1-6,20H,(H,19,21). The van der Waals surface area contributed by atoms with E-state index in [-0.39, 0.29) is 11.3 Å². The Morgan fingerprint density at radius 3 is 2.58 bits per heavy atom. The molecule has 0 saturated carbocycles. The Balaban J connectivity index is 2.21.